The lowest BCUT2D eigenvalue weighted by atomic mass is 10.1. The summed E-state index contributed by atoms with van der Waals surface area (Å²) in [6.07, 6.45) is 4.52. The number of carbonyl (C=O) groups is 2. The molecule has 2 rings (SSSR count). The molecule has 23 heavy (non-hydrogen) atoms. The fourth-order valence-corrected chi connectivity index (χ4v) is 2.74. The van der Waals surface area contributed by atoms with Gasteiger partial charge in [0.25, 0.3) is 5.91 Å². The minimum Gasteiger partial charge on any atom is -0.495 e. The number of nitrogens with one attached hydrogen (secondary N) is 1. The van der Waals surface area contributed by atoms with Gasteiger partial charge in [-0.2, -0.15) is 0 Å². The van der Waals surface area contributed by atoms with Gasteiger partial charge in [-0.1, -0.05) is 19.8 Å². The van der Waals surface area contributed by atoms with E-state index in [9.17, 15) is 9.59 Å². The number of ether oxygens (including phenoxy) is 2. The van der Waals surface area contributed by atoms with Crippen LogP contribution in [-0.2, 0) is 9.53 Å². The molecule has 126 valence electrons. The molecule has 1 aromatic carbocycles. The Morgan fingerprint density at radius 2 is 2.04 bits per heavy atom. The van der Waals surface area contributed by atoms with Gasteiger partial charge >= 0.3 is 5.97 Å². The van der Waals surface area contributed by atoms with Crippen molar-refractivity contribution in [2.75, 3.05) is 12.4 Å². The number of hydrogen-bond donors (Lipinski definition) is 2. The van der Waals surface area contributed by atoms with Gasteiger partial charge in [-0.25, -0.2) is 4.79 Å². The molecule has 0 aromatic heterocycles. The van der Waals surface area contributed by atoms with Crippen molar-refractivity contribution >= 4 is 17.6 Å². The quantitative estimate of drug-likeness (QED) is 0.806. The second kappa shape index (κ2) is 7.97. The Morgan fingerprint density at radius 1 is 1.35 bits per heavy atom. The Kier molecular flexibility index (Phi) is 5.98. The minimum atomic E-state index is -1.04. The second-order valence-electron chi connectivity index (χ2n) is 5.65. The van der Waals surface area contributed by atoms with Crippen LogP contribution in [-0.4, -0.2) is 36.3 Å². The van der Waals surface area contributed by atoms with Crippen molar-refractivity contribution in [1.29, 1.82) is 0 Å². The molecule has 1 atom stereocenters. The van der Waals surface area contributed by atoms with Gasteiger partial charge in [0.1, 0.15) is 11.9 Å². The van der Waals surface area contributed by atoms with Crippen LogP contribution in [0.1, 0.15) is 49.4 Å². The molecule has 0 heterocycles. The van der Waals surface area contributed by atoms with E-state index in [0.29, 0.717) is 17.9 Å². The van der Waals surface area contributed by atoms with E-state index < -0.39 is 12.1 Å². The van der Waals surface area contributed by atoms with Crippen LogP contribution in [0.4, 0.5) is 5.69 Å². The molecule has 0 saturated heterocycles. The topological polar surface area (TPSA) is 84.9 Å². The number of carboxylic acid groups (broad SMARTS) is 1. The predicted octanol–water partition coefficient (Wildman–Crippen LogP) is 3.07. The molecule has 1 unspecified atom stereocenters. The highest BCUT2D eigenvalue weighted by Crippen LogP contribution is 2.27. The number of anilines is 1. The molecule has 0 spiro atoms. The molecule has 1 fully saturated rings. The number of amides is 1. The molecule has 0 aliphatic heterocycles. The molecule has 6 heteroatoms. The zero-order valence-corrected chi connectivity index (χ0v) is 13.5. The summed E-state index contributed by atoms with van der Waals surface area (Å²) in [6.45, 7) is 1.91. The summed E-state index contributed by atoms with van der Waals surface area (Å²) in [5, 5.41) is 11.8. The van der Waals surface area contributed by atoms with Crippen LogP contribution in [0.2, 0.25) is 0 Å². The Balaban J connectivity index is 2.06. The van der Waals surface area contributed by atoms with Gasteiger partial charge in [0.05, 0.1) is 24.5 Å². The molecule has 1 amide bonds. The first-order valence-electron chi connectivity index (χ1n) is 7.92. The highest BCUT2D eigenvalue weighted by atomic mass is 16.5. The summed E-state index contributed by atoms with van der Waals surface area (Å²) in [5.74, 6) is -0.966. The first-order chi connectivity index (χ1) is 11.0. The van der Waals surface area contributed by atoms with E-state index >= 15 is 0 Å². The van der Waals surface area contributed by atoms with E-state index in [2.05, 4.69) is 5.32 Å². The smallest absolute Gasteiger partial charge is 0.335 e. The first-order valence-corrected chi connectivity index (χ1v) is 7.92. The van der Waals surface area contributed by atoms with E-state index in [1.807, 2.05) is 6.92 Å². The first kappa shape index (κ1) is 17.3. The normalized spacial score (nSPS) is 16.1. The molecule has 0 radical (unpaired) electrons. The van der Waals surface area contributed by atoms with Crippen LogP contribution in [0, 0.1) is 0 Å². The number of carboxylic acids is 1. The summed E-state index contributed by atoms with van der Waals surface area (Å²) in [5.41, 5.74) is 0.546. The fraction of sp³-hybridized carbons (Fsp3) is 0.529. The number of carbonyl (C=O) groups excluding carboxylic acids is 1. The van der Waals surface area contributed by atoms with Gasteiger partial charge in [0.15, 0.2) is 0 Å². The lowest BCUT2D eigenvalue weighted by Crippen LogP contribution is -2.33. The third-order valence-corrected chi connectivity index (χ3v) is 4.03. The molecular weight excluding hydrogens is 298 g/mol. The largest absolute Gasteiger partial charge is 0.495 e. The van der Waals surface area contributed by atoms with E-state index in [-0.39, 0.29) is 17.6 Å². The molecule has 1 aromatic rings. The number of aromatic carboxylic acids is 1. The Bertz CT molecular complexity index is 566. The zero-order chi connectivity index (χ0) is 16.8. The van der Waals surface area contributed by atoms with E-state index in [0.717, 1.165) is 25.7 Å². The van der Waals surface area contributed by atoms with Crippen LogP contribution in [0.25, 0.3) is 0 Å². The Morgan fingerprint density at radius 3 is 2.61 bits per heavy atom. The van der Waals surface area contributed by atoms with Gasteiger partial charge in [-0.3, -0.25) is 4.79 Å². The second-order valence-corrected chi connectivity index (χ2v) is 5.65. The summed E-state index contributed by atoms with van der Waals surface area (Å²) < 4.78 is 11.0. The third-order valence-electron chi connectivity index (χ3n) is 4.03. The van der Waals surface area contributed by atoms with Crippen LogP contribution >= 0.6 is 0 Å². The molecule has 6 nitrogen and oxygen atoms in total. The van der Waals surface area contributed by atoms with Crippen molar-refractivity contribution in [1.82, 2.24) is 0 Å². The van der Waals surface area contributed by atoms with Gasteiger partial charge in [-0.05, 0) is 37.5 Å². The van der Waals surface area contributed by atoms with Crippen molar-refractivity contribution in [2.24, 2.45) is 0 Å². The van der Waals surface area contributed by atoms with E-state index in [1.54, 1.807) is 0 Å². The predicted molar refractivity (Wildman–Crippen MR) is 86.0 cm³/mol. The summed E-state index contributed by atoms with van der Waals surface area (Å²) in [7, 11) is 1.43. The van der Waals surface area contributed by atoms with Crippen LogP contribution < -0.4 is 10.1 Å². The van der Waals surface area contributed by atoms with Gasteiger partial charge in [-0.15, -0.1) is 0 Å². The van der Waals surface area contributed by atoms with Gasteiger partial charge in [0, 0.05) is 0 Å². The van der Waals surface area contributed by atoms with Gasteiger partial charge in [0.2, 0.25) is 0 Å². The molecule has 1 saturated carbocycles. The highest BCUT2D eigenvalue weighted by molar-refractivity contribution is 5.96. The number of methoxy groups -OCH3 is 1. The van der Waals surface area contributed by atoms with E-state index in [1.165, 1.54) is 25.3 Å². The van der Waals surface area contributed by atoms with Crippen LogP contribution in [0.3, 0.4) is 0 Å². The van der Waals surface area contributed by atoms with E-state index in [4.69, 9.17) is 14.6 Å². The number of rotatable bonds is 7. The van der Waals surface area contributed by atoms with Crippen molar-refractivity contribution in [2.45, 2.75) is 51.2 Å². The average Bonchev–Trinajstić information content (AvgIpc) is 3.05. The monoisotopic (exact) mass is 321 g/mol. The Hall–Kier alpha value is -2.08. The lowest BCUT2D eigenvalue weighted by Gasteiger charge is -2.21. The summed E-state index contributed by atoms with van der Waals surface area (Å²) in [6, 6.07) is 4.35. The summed E-state index contributed by atoms with van der Waals surface area (Å²) >= 11 is 0. The fourth-order valence-electron chi connectivity index (χ4n) is 2.74. The molecule has 1 aliphatic rings. The molecule has 1 aliphatic carbocycles. The van der Waals surface area contributed by atoms with Gasteiger partial charge < -0.3 is 19.9 Å². The third kappa shape index (κ3) is 4.45. The summed E-state index contributed by atoms with van der Waals surface area (Å²) in [4.78, 5) is 23.4. The van der Waals surface area contributed by atoms with Crippen LogP contribution in [0.15, 0.2) is 18.2 Å². The average molecular weight is 321 g/mol. The maximum Gasteiger partial charge on any atom is 0.335 e. The van der Waals surface area contributed by atoms with Crippen molar-refractivity contribution < 1.29 is 24.2 Å². The number of benzene rings is 1. The number of hydrogen-bond acceptors (Lipinski definition) is 4. The SMILES string of the molecule is CCC(OC1CCCC1)C(=O)Nc1ccc(C(=O)O)cc1OC. The zero-order valence-electron chi connectivity index (χ0n) is 13.5. The van der Waals surface area contributed by atoms with Crippen molar-refractivity contribution in [3.05, 3.63) is 23.8 Å². The molecule has 0 bridgehead atoms. The van der Waals surface area contributed by atoms with Crippen molar-refractivity contribution in [3.63, 3.8) is 0 Å². The molecular formula is C17H23NO5. The molecule has 2 N–H and O–H groups in total. The standard InChI is InChI=1S/C17H23NO5/c1-3-14(23-12-6-4-5-7-12)16(19)18-13-9-8-11(17(20)21)10-15(13)22-2/h8-10,12,14H,3-7H2,1-2H3,(H,18,19)(H,20,21). The minimum absolute atomic E-state index is 0.106. The maximum absolute atomic E-state index is 12.4. The van der Waals surface area contributed by atoms with Crippen molar-refractivity contribution in [3.8, 4) is 5.75 Å². The lowest BCUT2D eigenvalue weighted by molar-refractivity contribution is -0.131. The Labute approximate surface area is 135 Å². The van der Waals surface area contributed by atoms with Crippen LogP contribution in [0.5, 0.6) is 5.75 Å². The maximum atomic E-state index is 12.4. The highest BCUT2D eigenvalue weighted by Gasteiger charge is 2.25.